The number of aromatic nitrogens is 4. The lowest BCUT2D eigenvalue weighted by atomic mass is 10.3. The number of fused-ring (bicyclic) bond motifs is 1. The zero-order valence-corrected chi connectivity index (χ0v) is 13.0. The molecule has 114 valence electrons. The van der Waals surface area contributed by atoms with E-state index in [9.17, 15) is 4.79 Å². The average molecular weight is 297 g/mol. The van der Waals surface area contributed by atoms with Crippen molar-refractivity contribution in [2.24, 2.45) is 0 Å². The Hall–Kier alpha value is -2.63. The topological polar surface area (TPSA) is 75.6 Å². The van der Waals surface area contributed by atoms with Crippen molar-refractivity contribution in [3.05, 3.63) is 41.5 Å². The number of amides is 1. The number of para-hydroxylation sites is 2. The molecule has 0 atom stereocenters. The van der Waals surface area contributed by atoms with E-state index in [2.05, 4.69) is 20.5 Å². The summed E-state index contributed by atoms with van der Waals surface area (Å²) in [4.78, 5) is 17.0. The van der Waals surface area contributed by atoms with E-state index in [1.54, 1.807) is 0 Å². The SMILES string of the molecule is CCc1nc2ccccc2n1CC(=O)Nc1c(C)n[nH]c1C. The summed E-state index contributed by atoms with van der Waals surface area (Å²) in [6.07, 6.45) is 0.783. The van der Waals surface area contributed by atoms with E-state index in [1.807, 2.05) is 49.6 Å². The molecule has 1 amide bonds. The minimum absolute atomic E-state index is 0.0783. The molecule has 0 radical (unpaired) electrons. The summed E-state index contributed by atoms with van der Waals surface area (Å²) < 4.78 is 1.97. The van der Waals surface area contributed by atoms with Crippen LogP contribution in [0.4, 0.5) is 5.69 Å². The number of hydrogen-bond acceptors (Lipinski definition) is 3. The number of carbonyl (C=O) groups excluding carboxylic acids is 1. The van der Waals surface area contributed by atoms with Crippen molar-refractivity contribution in [3.8, 4) is 0 Å². The third-order valence-corrected chi connectivity index (χ3v) is 3.74. The summed E-state index contributed by atoms with van der Waals surface area (Å²) in [5.41, 5.74) is 4.31. The molecular formula is C16H19N5O. The van der Waals surface area contributed by atoms with Gasteiger partial charge < -0.3 is 9.88 Å². The fraction of sp³-hybridized carbons (Fsp3) is 0.312. The van der Waals surface area contributed by atoms with E-state index in [0.29, 0.717) is 0 Å². The highest BCUT2D eigenvalue weighted by Crippen LogP contribution is 2.18. The van der Waals surface area contributed by atoms with Crippen LogP contribution in [0.3, 0.4) is 0 Å². The second-order valence-electron chi connectivity index (χ2n) is 5.31. The monoisotopic (exact) mass is 297 g/mol. The zero-order valence-electron chi connectivity index (χ0n) is 13.0. The van der Waals surface area contributed by atoms with Gasteiger partial charge in [0.05, 0.1) is 28.1 Å². The highest BCUT2D eigenvalue weighted by molar-refractivity contribution is 5.92. The number of aromatic amines is 1. The fourth-order valence-corrected chi connectivity index (χ4v) is 2.63. The van der Waals surface area contributed by atoms with Crippen LogP contribution in [0.15, 0.2) is 24.3 Å². The van der Waals surface area contributed by atoms with Gasteiger partial charge in [-0.3, -0.25) is 9.89 Å². The molecule has 0 aliphatic rings. The molecule has 2 aromatic heterocycles. The number of benzene rings is 1. The molecule has 0 aliphatic heterocycles. The van der Waals surface area contributed by atoms with Crippen molar-refractivity contribution in [3.63, 3.8) is 0 Å². The van der Waals surface area contributed by atoms with Gasteiger partial charge in [-0.15, -0.1) is 0 Å². The number of H-pyrrole nitrogens is 1. The molecule has 3 aromatic rings. The predicted molar refractivity (Wildman–Crippen MR) is 85.8 cm³/mol. The van der Waals surface area contributed by atoms with E-state index in [0.717, 1.165) is 40.4 Å². The van der Waals surface area contributed by atoms with Gasteiger partial charge in [-0.25, -0.2) is 4.98 Å². The zero-order chi connectivity index (χ0) is 15.7. The van der Waals surface area contributed by atoms with Crippen LogP contribution in [0.5, 0.6) is 0 Å². The summed E-state index contributed by atoms with van der Waals surface area (Å²) in [6, 6.07) is 7.87. The van der Waals surface area contributed by atoms with Gasteiger partial charge in [-0.2, -0.15) is 5.10 Å². The summed E-state index contributed by atoms with van der Waals surface area (Å²) in [5.74, 6) is 0.836. The molecule has 0 saturated carbocycles. The Bertz CT molecular complexity index is 811. The second kappa shape index (κ2) is 5.63. The number of rotatable bonds is 4. The quantitative estimate of drug-likeness (QED) is 0.777. The van der Waals surface area contributed by atoms with Gasteiger partial charge in [-0.05, 0) is 26.0 Å². The highest BCUT2D eigenvalue weighted by atomic mass is 16.2. The first-order chi connectivity index (χ1) is 10.6. The minimum Gasteiger partial charge on any atom is -0.321 e. The van der Waals surface area contributed by atoms with Gasteiger partial charge >= 0.3 is 0 Å². The van der Waals surface area contributed by atoms with Gasteiger partial charge in [-0.1, -0.05) is 19.1 Å². The molecular weight excluding hydrogens is 278 g/mol. The van der Waals surface area contributed by atoms with E-state index >= 15 is 0 Å². The third kappa shape index (κ3) is 2.47. The van der Waals surface area contributed by atoms with Crippen molar-refractivity contribution in [2.45, 2.75) is 33.7 Å². The Labute approximate surface area is 128 Å². The largest absolute Gasteiger partial charge is 0.321 e. The van der Waals surface area contributed by atoms with E-state index in [4.69, 9.17) is 0 Å². The number of nitrogens with one attached hydrogen (secondary N) is 2. The first-order valence-corrected chi connectivity index (χ1v) is 7.35. The van der Waals surface area contributed by atoms with Crippen LogP contribution >= 0.6 is 0 Å². The fourth-order valence-electron chi connectivity index (χ4n) is 2.63. The van der Waals surface area contributed by atoms with Gasteiger partial charge in [0, 0.05) is 6.42 Å². The molecule has 2 heterocycles. The van der Waals surface area contributed by atoms with Gasteiger partial charge in [0.2, 0.25) is 5.91 Å². The Morgan fingerprint density at radius 2 is 2.09 bits per heavy atom. The molecule has 0 unspecified atom stereocenters. The molecule has 0 aliphatic carbocycles. The number of nitrogens with zero attached hydrogens (tertiary/aromatic N) is 3. The summed E-state index contributed by atoms with van der Waals surface area (Å²) in [5, 5.41) is 9.89. The van der Waals surface area contributed by atoms with Crippen LogP contribution in [0.25, 0.3) is 11.0 Å². The third-order valence-electron chi connectivity index (χ3n) is 3.74. The van der Waals surface area contributed by atoms with Crippen LogP contribution in [0.2, 0.25) is 0 Å². The molecule has 6 nitrogen and oxygen atoms in total. The van der Waals surface area contributed by atoms with Crippen LogP contribution in [-0.2, 0) is 17.8 Å². The van der Waals surface area contributed by atoms with Gasteiger partial charge in [0.25, 0.3) is 0 Å². The van der Waals surface area contributed by atoms with Crippen molar-refractivity contribution >= 4 is 22.6 Å². The molecule has 0 spiro atoms. The molecule has 0 bridgehead atoms. The summed E-state index contributed by atoms with van der Waals surface area (Å²) >= 11 is 0. The Morgan fingerprint density at radius 3 is 2.77 bits per heavy atom. The maximum Gasteiger partial charge on any atom is 0.244 e. The molecule has 1 aromatic carbocycles. The Kier molecular flexibility index (Phi) is 3.66. The number of carbonyl (C=O) groups is 1. The van der Waals surface area contributed by atoms with Gasteiger partial charge in [0.15, 0.2) is 0 Å². The van der Waals surface area contributed by atoms with Crippen LogP contribution in [0.1, 0.15) is 24.1 Å². The molecule has 22 heavy (non-hydrogen) atoms. The molecule has 2 N–H and O–H groups in total. The van der Waals surface area contributed by atoms with Crippen LogP contribution in [0, 0.1) is 13.8 Å². The maximum absolute atomic E-state index is 12.4. The maximum atomic E-state index is 12.4. The van der Waals surface area contributed by atoms with Crippen molar-refractivity contribution in [2.75, 3.05) is 5.32 Å². The summed E-state index contributed by atoms with van der Waals surface area (Å²) in [6.45, 7) is 6.04. The second-order valence-corrected chi connectivity index (χ2v) is 5.31. The predicted octanol–water partition coefficient (Wildman–Crippen LogP) is 2.58. The van der Waals surface area contributed by atoms with Crippen molar-refractivity contribution < 1.29 is 4.79 Å². The molecule has 6 heteroatoms. The minimum atomic E-state index is -0.0783. The van der Waals surface area contributed by atoms with Crippen molar-refractivity contribution in [1.82, 2.24) is 19.7 Å². The van der Waals surface area contributed by atoms with E-state index in [-0.39, 0.29) is 12.5 Å². The first kappa shape index (κ1) is 14.3. The lowest BCUT2D eigenvalue weighted by Gasteiger charge is -2.09. The standard InChI is InChI=1S/C16H19N5O/c1-4-14-17-12-7-5-6-8-13(12)21(14)9-15(22)18-16-10(2)19-20-11(16)3/h5-8H,4,9H2,1-3H3,(H,18,22)(H,19,20). The normalized spacial score (nSPS) is 11.0. The van der Waals surface area contributed by atoms with Crippen LogP contribution < -0.4 is 5.32 Å². The number of imidazole rings is 1. The number of hydrogen-bond donors (Lipinski definition) is 2. The average Bonchev–Trinajstić information content (AvgIpc) is 3.02. The molecule has 0 fully saturated rings. The number of aryl methyl sites for hydroxylation is 3. The lowest BCUT2D eigenvalue weighted by Crippen LogP contribution is -2.20. The van der Waals surface area contributed by atoms with Crippen molar-refractivity contribution in [1.29, 1.82) is 0 Å². The molecule has 0 saturated heterocycles. The Balaban J connectivity index is 1.88. The smallest absolute Gasteiger partial charge is 0.244 e. The number of anilines is 1. The van der Waals surface area contributed by atoms with Crippen LogP contribution in [-0.4, -0.2) is 25.7 Å². The van der Waals surface area contributed by atoms with E-state index < -0.39 is 0 Å². The first-order valence-electron chi connectivity index (χ1n) is 7.35. The Morgan fingerprint density at radius 1 is 1.32 bits per heavy atom. The summed E-state index contributed by atoms with van der Waals surface area (Å²) in [7, 11) is 0. The van der Waals surface area contributed by atoms with E-state index in [1.165, 1.54) is 0 Å². The highest BCUT2D eigenvalue weighted by Gasteiger charge is 2.14. The molecule has 3 rings (SSSR count). The van der Waals surface area contributed by atoms with Gasteiger partial charge in [0.1, 0.15) is 12.4 Å². The lowest BCUT2D eigenvalue weighted by molar-refractivity contribution is -0.116.